The number of carbonyl (C=O) groups excluding carboxylic acids is 1. The molecule has 0 unspecified atom stereocenters. The second-order valence-electron chi connectivity index (χ2n) is 8.50. The molecule has 3 aromatic carbocycles. The maximum Gasteiger partial charge on any atom is 0.228 e. The van der Waals surface area contributed by atoms with E-state index in [1.54, 1.807) is 12.1 Å². The minimum absolute atomic E-state index is 0.00386. The Labute approximate surface area is 173 Å². The molecule has 1 amide bonds. The number of hydrogen-bond donors (Lipinski definition) is 2. The van der Waals surface area contributed by atoms with E-state index >= 15 is 0 Å². The van der Waals surface area contributed by atoms with Crippen LogP contribution in [0.5, 0.6) is 5.75 Å². The third-order valence-corrected chi connectivity index (χ3v) is 5.18. The quantitative estimate of drug-likeness (QED) is 0.600. The van der Waals surface area contributed by atoms with Crippen LogP contribution in [-0.4, -0.2) is 11.0 Å². The van der Waals surface area contributed by atoms with Crippen LogP contribution in [0.1, 0.15) is 48.9 Å². The highest BCUT2D eigenvalue weighted by atomic mass is 16.3. The van der Waals surface area contributed by atoms with Crippen molar-refractivity contribution in [1.29, 1.82) is 0 Å². The van der Waals surface area contributed by atoms with Gasteiger partial charge in [0.05, 0.1) is 5.92 Å². The van der Waals surface area contributed by atoms with Crippen LogP contribution in [0.15, 0.2) is 78.9 Å². The fourth-order valence-corrected chi connectivity index (χ4v) is 3.35. The first-order valence-corrected chi connectivity index (χ1v) is 10.0. The highest BCUT2D eigenvalue weighted by molar-refractivity contribution is 5.84. The summed E-state index contributed by atoms with van der Waals surface area (Å²) in [4.78, 5) is 13.1. The first kappa shape index (κ1) is 20.7. The smallest absolute Gasteiger partial charge is 0.228 e. The second-order valence-corrected chi connectivity index (χ2v) is 8.50. The van der Waals surface area contributed by atoms with Gasteiger partial charge in [-0.1, -0.05) is 87.5 Å². The van der Waals surface area contributed by atoms with Crippen molar-refractivity contribution in [2.24, 2.45) is 0 Å². The molecule has 1 atom stereocenters. The van der Waals surface area contributed by atoms with Crippen molar-refractivity contribution < 1.29 is 9.90 Å². The van der Waals surface area contributed by atoms with Gasteiger partial charge in [-0.05, 0) is 46.2 Å². The van der Waals surface area contributed by atoms with Crippen molar-refractivity contribution in [2.45, 2.75) is 45.1 Å². The second kappa shape index (κ2) is 8.95. The summed E-state index contributed by atoms with van der Waals surface area (Å²) < 4.78 is 0. The van der Waals surface area contributed by atoms with Crippen molar-refractivity contribution in [3.8, 4) is 5.75 Å². The Kier molecular flexibility index (Phi) is 6.38. The number of phenols is 1. The van der Waals surface area contributed by atoms with Gasteiger partial charge >= 0.3 is 0 Å². The summed E-state index contributed by atoms with van der Waals surface area (Å²) in [6.07, 6.45) is 0.582. The predicted molar refractivity (Wildman–Crippen MR) is 118 cm³/mol. The maximum atomic E-state index is 13.1. The van der Waals surface area contributed by atoms with Crippen molar-refractivity contribution in [2.75, 3.05) is 0 Å². The number of benzene rings is 3. The lowest BCUT2D eigenvalue weighted by atomic mass is 9.87. The minimum atomic E-state index is -0.283. The van der Waals surface area contributed by atoms with Crippen molar-refractivity contribution in [1.82, 2.24) is 5.32 Å². The molecule has 0 saturated heterocycles. The summed E-state index contributed by atoms with van der Waals surface area (Å²) in [5.41, 5.74) is 4.48. The van der Waals surface area contributed by atoms with Gasteiger partial charge in [-0.3, -0.25) is 4.79 Å². The molecule has 0 fully saturated rings. The van der Waals surface area contributed by atoms with E-state index in [1.807, 2.05) is 42.5 Å². The summed E-state index contributed by atoms with van der Waals surface area (Å²) in [7, 11) is 0. The average Bonchev–Trinajstić information content (AvgIpc) is 2.72. The maximum absolute atomic E-state index is 13.1. The first-order valence-electron chi connectivity index (χ1n) is 10.0. The largest absolute Gasteiger partial charge is 0.508 e. The van der Waals surface area contributed by atoms with Crippen LogP contribution in [0.4, 0.5) is 0 Å². The minimum Gasteiger partial charge on any atom is -0.508 e. The number of rotatable bonds is 6. The van der Waals surface area contributed by atoms with Crippen LogP contribution < -0.4 is 5.32 Å². The normalized spacial score (nSPS) is 12.4. The van der Waals surface area contributed by atoms with Gasteiger partial charge in [0.25, 0.3) is 0 Å². The Bertz CT molecular complexity index is 923. The van der Waals surface area contributed by atoms with E-state index in [9.17, 15) is 9.90 Å². The first-order chi connectivity index (χ1) is 13.8. The molecule has 0 bridgehead atoms. The van der Waals surface area contributed by atoms with Gasteiger partial charge in [0, 0.05) is 6.54 Å². The molecule has 3 heteroatoms. The van der Waals surface area contributed by atoms with Crippen molar-refractivity contribution >= 4 is 5.91 Å². The zero-order chi connectivity index (χ0) is 20.9. The van der Waals surface area contributed by atoms with Crippen LogP contribution in [0.2, 0.25) is 0 Å². The SMILES string of the molecule is CC(C)(C)c1ccc(CNC(=O)[C@H](Cc2ccc(O)cc2)c2ccccc2)cc1. The van der Waals surface area contributed by atoms with Gasteiger partial charge in [0.15, 0.2) is 0 Å². The summed E-state index contributed by atoms with van der Waals surface area (Å²) in [6, 6.07) is 25.3. The molecular formula is C26H29NO2. The molecule has 0 aliphatic carbocycles. The molecule has 0 aromatic heterocycles. The monoisotopic (exact) mass is 387 g/mol. The summed E-state index contributed by atoms with van der Waals surface area (Å²) in [5.74, 6) is -0.0491. The van der Waals surface area contributed by atoms with Crippen molar-refractivity contribution in [3.05, 3.63) is 101 Å². The molecule has 0 radical (unpaired) electrons. The Morgan fingerprint density at radius 3 is 2.03 bits per heavy atom. The standard InChI is InChI=1S/C26H29NO2/c1-26(2,3)22-13-9-20(10-14-22)18-27-25(29)24(21-7-5-4-6-8-21)17-19-11-15-23(28)16-12-19/h4-16,24,28H,17-18H2,1-3H3,(H,27,29)/t24-/m1/s1. The molecule has 0 aliphatic heterocycles. The lowest BCUT2D eigenvalue weighted by molar-refractivity contribution is -0.122. The molecule has 2 N–H and O–H groups in total. The third-order valence-electron chi connectivity index (χ3n) is 5.18. The number of amides is 1. The fourth-order valence-electron chi connectivity index (χ4n) is 3.35. The zero-order valence-electron chi connectivity index (χ0n) is 17.4. The molecular weight excluding hydrogens is 358 g/mol. The predicted octanol–water partition coefficient (Wildman–Crippen LogP) is 5.33. The Morgan fingerprint density at radius 1 is 0.862 bits per heavy atom. The van der Waals surface area contributed by atoms with E-state index in [4.69, 9.17) is 0 Å². The molecule has 29 heavy (non-hydrogen) atoms. The summed E-state index contributed by atoms with van der Waals surface area (Å²) >= 11 is 0. The topological polar surface area (TPSA) is 49.3 Å². The highest BCUT2D eigenvalue weighted by Crippen LogP contribution is 2.24. The van der Waals surface area contributed by atoms with Crippen molar-refractivity contribution in [3.63, 3.8) is 0 Å². The van der Waals surface area contributed by atoms with Gasteiger partial charge in [-0.15, -0.1) is 0 Å². The van der Waals surface area contributed by atoms with Gasteiger partial charge in [-0.25, -0.2) is 0 Å². The van der Waals surface area contributed by atoms with E-state index < -0.39 is 0 Å². The Balaban J connectivity index is 1.72. The number of hydrogen-bond acceptors (Lipinski definition) is 2. The molecule has 0 saturated carbocycles. The van der Waals surface area contributed by atoms with Gasteiger partial charge in [0.2, 0.25) is 5.91 Å². The van der Waals surface area contributed by atoms with Crippen LogP contribution in [0, 0.1) is 0 Å². The number of nitrogens with one attached hydrogen (secondary N) is 1. The summed E-state index contributed by atoms with van der Waals surface area (Å²) in [6.45, 7) is 7.08. The number of phenolic OH excluding ortho intramolecular Hbond substituents is 1. The molecule has 0 heterocycles. The molecule has 150 valence electrons. The van der Waals surface area contributed by atoms with Gasteiger partial charge < -0.3 is 10.4 Å². The molecule has 0 spiro atoms. The Hall–Kier alpha value is -3.07. The average molecular weight is 388 g/mol. The molecule has 3 rings (SSSR count). The lowest BCUT2D eigenvalue weighted by Gasteiger charge is -2.20. The van der Waals surface area contributed by atoms with Gasteiger partial charge in [0.1, 0.15) is 5.75 Å². The van der Waals surface area contributed by atoms with Crippen LogP contribution >= 0.6 is 0 Å². The Morgan fingerprint density at radius 2 is 1.45 bits per heavy atom. The van der Waals surface area contributed by atoms with Crippen LogP contribution in [0.25, 0.3) is 0 Å². The number of carbonyl (C=O) groups is 1. The number of aromatic hydroxyl groups is 1. The summed E-state index contributed by atoms with van der Waals surface area (Å²) in [5, 5.41) is 12.6. The molecule has 3 aromatic rings. The lowest BCUT2D eigenvalue weighted by Crippen LogP contribution is -2.30. The zero-order valence-corrected chi connectivity index (χ0v) is 17.4. The fraction of sp³-hybridized carbons (Fsp3) is 0.269. The highest BCUT2D eigenvalue weighted by Gasteiger charge is 2.21. The van der Waals surface area contributed by atoms with Crippen LogP contribution in [-0.2, 0) is 23.2 Å². The van der Waals surface area contributed by atoms with E-state index in [1.165, 1.54) is 5.56 Å². The third kappa shape index (κ3) is 5.71. The van der Waals surface area contributed by atoms with E-state index in [2.05, 4.69) is 50.4 Å². The van der Waals surface area contributed by atoms with Crippen LogP contribution in [0.3, 0.4) is 0 Å². The van der Waals surface area contributed by atoms with E-state index in [0.29, 0.717) is 13.0 Å². The molecule has 3 nitrogen and oxygen atoms in total. The van der Waals surface area contributed by atoms with E-state index in [-0.39, 0.29) is 23.0 Å². The van der Waals surface area contributed by atoms with E-state index in [0.717, 1.165) is 16.7 Å². The van der Waals surface area contributed by atoms with Gasteiger partial charge in [-0.2, -0.15) is 0 Å². The molecule has 0 aliphatic rings.